The molecule has 0 bridgehead atoms. The molecule has 1 aliphatic carbocycles. The Hall–Kier alpha value is -0.170. The summed E-state index contributed by atoms with van der Waals surface area (Å²) in [4.78, 5) is 0. The topological polar surface area (TPSA) is 75.4 Å². The Kier molecular flexibility index (Phi) is 5.68. The highest BCUT2D eigenvalue weighted by Gasteiger charge is 2.20. The van der Waals surface area contributed by atoms with Crippen LogP contribution in [0.1, 0.15) is 32.1 Å². The summed E-state index contributed by atoms with van der Waals surface area (Å²) in [5, 5.41) is 0. The molecular weight excluding hydrogens is 226 g/mol. The van der Waals surface area contributed by atoms with E-state index < -0.39 is 10.2 Å². The molecule has 0 atom stereocenters. The highest BCUT2D eigenvalue weighted by atomic mass is 32.2. The summed E-state index contributed by atoms with van der Waals surface area (Å²) in [6, 6.07) is 0. The van der Waals surface area contributed by atoms with Crippen molar-refractivity contribution in [1.82, 2.24) is 9.03 Å². The molecule has 0 aromatic heterocycles. The Morgan fingerprint density at radius 1 is 1.38 bits per heavy atom. The van der Waals surface area contributed by atoms with Crippen LogP contribution in [0.25, 0.3) is 0 Å². The minimum atomic E-state index is -3.29. The number of hydrogen-bond donors (Lipinski definition) is 2. The Balaban J connectivity index is 2.32. The third kappa shape index (κ3) is 4.37. The fourth-order valence-electron chi connectivity index (χ4n) is 1.98. The van der Waals surface area contributed by atoms with Crippen LogP contribution in [0.2, 0.25) is 0 Å². The van der Waals surface area contributed by atoms with Crippen LogP contribution < -0.4 is 10.5 Å². The smallest absolute Gasteiger partial charge is 0.279 e. The largest absolute Gasteiger partial charge is 0.330 e. The van der Waals surface area contributed by atoms with Crippen LogP contribution in [0.3, 0.4) is 0 Å². The second-order valence-electron chi connectivity index (χ2n) is 4.47. The van der Waals surface area contributed by atoms with Crippen molar-refractivity contribution in [2.75, 3.05) is 26.7 Å². The van der Waals surface area contributed by atoms with Gasteiger partial charge in [-0.25, -0.2) is 4.72 Å². The van der Waals surface area contributed by atoms with Crippen LogP contribution >= 0.6 is 0 Å². The first-order chi connectivity index (χ1) is 7.56. The molecule has 0 saturated heterocycles. The molecule has 0 spiro atoms. The van der Waals surface area contributed by atoms with E-state index in [1.165, 1.54) is 17.1 Å². The second kappa shape index (κ2) is 6.54. The van der Waals surface area contributed by atoms with Crippen molar-refractivity contribution in [2.45, 2.75) is 32.1 Å². The summed E-state index contributed by atoms with van der Waals surface area (Å²) in [7, 11) is -1.70. The first-order valence-electron chi connectivity index (χ1n) is 5.97. The maximum absolute atomic E-state index is 11.8. The van der Waals surface area contributed by atoms with E-state index in [-0.39, 0.29) is 0 Å². The van der Waals surface area contributed by atoms with E-state index in [0.717, 1.165) is 12.8 Å². The average molecular weight is 249 g/mol. The fourth-order valence-corrected chi connectivity index (χ4v) is 3.02. The van der Waals surface area contributed by atoms with Crippen molar-refractivity contribution in [3.63, 3.8) is 0 Å². The summed E-state index contributed by atoms with van der Waals surface area (Å²) < 4.78 is 27.5. The van der Waals surface area contributed by atoms with Crippen molar-refractivity contribution in [3.05, 3.63) is 0 Å². The molecule has 6 heteroatoms. The summed E-state index contributed by atoms with van der Waals surface area (Å²) in [6.07, 6.45) is 5.45. The predicted molar refractivity (Wildman–Crippen MR) is 65.2 cm³/mol. The van der Waals surface area contributed by atoms with Crippen LogP contribution in [-0.2, 0) is 10.2 Å². The molecule has 0 aromatic rings. The van der Waals surface area contributed by atoms with Gasteiger partial charge < -0.3 is 5.73 Å². The Labute approximate surface area is 98.6 Å². The summed E-state index contributed by atoms with van der Waals surface area (Å²) in [6.45, 7) is 1.58. The second-order valence-corrected chi connectivity index (χ2v) is 6.33. The molecule has 96 valence electrons. The fraction of sp³-hybridized carbons (Fsp3) is 1.00. The SMILES string of the molecule is CN(CCCN)S(=O)(=O)NCC1CCCC1. The van der Waals surface area contributed by atoms with Crippen LogP contribution in [0.4, 0.5) is 0 Å². The van der Waals surface area contributed by atoms with Gasteiger partial charge in [-0.05, 0) is 31.7 Å². The van der Waals surface area contributed by atoms with E-state index in [1.54, 1.807) is 7.05 Å². The quantitative estimate of drug-likeness (QED) is 0.681. The molecule has 1 saturated carbocycles. The summed E-state index contributed by atoms with van der Waals surface area (Å²) in [5.74, 6) is 0.526. The Morgan fingerprint density at radius 3 is 2.56 bits per heavy atom. The van der Waals surface area contributed by atoms with E-state index in [1.807, 2.05) is 0 Å². The van der Waals surface area contributed by atoms with E-state index >= 15 is 0 Å². The van der Waals surface area contributed by atoms with E-state index in [2.05, 4.69) is 4.72 Å². The van der Waals surface area contributed by atoms with E-state index in [0.29, 0.717) is 32.0 Å². The lowest BCUT2D eigenvalue weighted by Crippen LogP contribution is -2.40. The van der Waals surface area contributed by atoms with Gasteiger partial charge in [0.05, 0.1) is 0 Å². The zero-order valence-electron chi connectivity index (χ0n) is 9.98. The molecule has 16 heavy (non-hydrogen) atoms. The molecule has 0 radical (unpaired) electrons. The van der Waals surface area contributed by atoms with Crippen molar-refractivity contribution < 1.29 is 8.42 Å². The molecule has 0 aromatic carbocycles. The lowest BCUT2D eigenvalue weighted by molar-refractivity contribution is 0.441. The van der Waals surface area contributed by atoms with Gasteiger partial charge in [-0.2, -0.15) is 12.7 Å². The number of nitrogens with zero attached hydrogens (tertiary/aromatic N) is 1. The first-order valence-corrected chi connectivity index (χ1v) is 7.41. The standard InChI is InChI=1S/C10H23N3O2S/c1-13(8-4-7-11)16(14,15)12-9-10-5-2-3-6-10/h10,12H,2-9,11H2,1H3. The third-order valence-corrected chi connectivity index (χ3v) is 4.65. The molecule has 0 unspecified atom stereocenters. The number of hydrogen-bond acceptors (Lipinski definition) is 3. The van der Waals surface area contributed by atoms with Gasteiger partial charge in [0.25, 0.3) is 10.2 Å². The van der Waals surface area contributed by atoms with Gasteiger partial charge in [0.1, 0.15) is 0 Å². The Bertz CT molecular complexity index is 286. The van der Waals surface area contributed by atoms with Crippen LogP contribution in [-0.4, -0.2) is 39.4 Å². The highest BCUT2D eigenvalue weighted by molar-refractivity contribution is 7.87. The van der Waals surface area contributed by atoms with E-state index in [4.69, 9.17) is 5.73 Å². The van der Waals surface area contributed by atoms with Crippen LogP contribution in [0, 0.1) is 5.92 Å². The van der Waals surface area contributed by atoms with Crippen molar-refractivity contribution >= 4 is 10.2 Å². The van der Waals surface area contributed by atoms with Gasteiger partial charge >= 0.3 is 0 Å². The third-order valence-electron chi connectivity index (χ3n) is 3.12. The van der Waals surface area contributed by atoms with E-state index in [9.17, 15) is 8.42 Å². The normalized spacial score (nSPS) is 18.4. The van der Waals surface area contributed by atoms with Crippen LogP contribution in [0.5, 0.6) is 0 Å². The Morgan fingerprint density at radius 2 is 2.00 bits per heavy atom. The van der Waals surface area contributed by atoms with Crippen molar-refractivity contribution in [3.8, 4) is 0 Å². The van der Waals surface area contributed by atoms with Crippen molar-refractivity contribution in [2.24, 2.45) is 11.7 Å². The number of nitrogens with one attached hydrogen (secondary N) is 1. The monoisotopic (exact) mass is 249 g/mol. The molecular formula is C10H23N3O2S. The molecule has 5 nitrogen and oxygen atoms in total. The lowest BCUT2D eigenvalue weighted by Gasteiger charge is -2.18. The number of nitrogens with two attached hydrogens (primary N) is 1. The maximum atomic E-state index is 11.8. The lowest BCUT2D eigenvalue weighted by atomic mass is 10.1. The molecule has 0 aliphatic heterocycles. The zero-order valence-corrected chi connectivity index (χ0v) is 10.8. The molecule has 0 amide bonds. The van der Waals surface area contributed by atoms with Gasteiger partial charge in [0, 0.05) is 20.1 Å². The molecule has 1 aliphatic rings. The average Bonchev–Trinajstić information content (AvgIpc) is 2.76. The minimum absolute atomic E-state index is 0.483. The number of rotatable bonds is 7. The highest BCUT2D eigenvalue weighted by Crippen LogP contribution is 2.23. The molecule has 1 fully saturated rings. The van der Waals surface area contributed by atoms with Crippen LogP contribution in [0.15, 0.2) is 0 Å². The molecule has 1 rings (SSSR count). The van der Waals surface area contributed by atoms with Gasteiger partial charge in [-0.15, -0.1) is 0 Å². The minimum Gasteiger partial charge on any atom is -0.330 e. The van der Waals surface area contributed by atoms with Gasteiger partial charge in [-0.3, -0.25) is 0 Å². The zero-order chi connectivity index (χ0) is 12.0. The van der Waals surface area contributed by atoms with Gasteiger partial charge in [0.15, 0.2) is 0 Å². The predicted octanol–water partition coefficient (Wildman–Crippen LogP) is 0.292. The van der Waals surface area contributed by atoms with Gasteiger partial charge in [0.2, 0.25) is 0 Å². The van der Waals surface area contributed by atoms with Gasteiger partial charge in [-0.1, -0.05) is 12.8 Å². The maximum Gasteiger partial charge on any atom is 0.279 e. The first kappa shape index (κ1) is 13.9. The molecule has 3 N–H and O–H groups in total. The molecule has 0 heterocycles. The summed E-state index contributed by atoms with van der Waals surface area (Å²) >= 11 is 0. The summed E-state index contributed by atoms with van der Waals surface area (Å²) in [5.41, 5.74) is 5.35. The van der Waals surface area contributed by atoms with Crippen molar-refractivity contribution in [1.29, 1.82) is 0 Å².